The molecule has 0 atom stereocenters. The molecule has 0 aliphatic heterocycles. The lowest BCUT2D eigenvalue weighted by molar-refractivity contribution is -0.134. The zero-order valence-electron chi connectivity index (χ0n) is 13.6. The van der Waals surface area contributed by atoms with Crippen molar-refractivity contribution in [1.29, 1.82) is 0 Å². The lowest BCUT2D eigenvalue weighted by Crippen LogP contribution is -2.07. The fourth-order valence-corrected chi connectivity index (χ4v) is 2.21. The van der Waals surface area contributed by atoms with Gasteiger partial charge in [-0.05, 0) is 49.6 Å². The van der Waals surface area contributed by atoms with Crippen LogP contribution in [0.1, 0.15) is 46.0 Å². The minimum atomic E-state index is -0.606. The normalized spacial score (nSPS) is 13.9. The number of allylic oxidation sites excluding steroid dienone is 3. The number of ether oxygens (including phenoxy) is 2. The molecule has 0 aromatic heterocycles. The molecule has 1 aliphatic rings. The van der Waals surface area contributed by atoms with E-state index in [0.29, 0.717) is 23.2 Å². The Kier molecular flexibility index (Phi) is 5.84. The zero-order chi connectivity index (χ0) is 17.5. The molecule has 1 aromatic rings. The molecular weight excluding hydrogens is 308 g/mol. The summed E-state index contributed by atoms with van der Waals surface area (Å²) in [6, 6.07) is 4.66. The lowest BCUT2D eigenvalue weighted by Gasteiger charge is -2.09. The van der Waals surface area contributed by atoms with E-state index in [0.717, 1.165) is 12.8 Å². The van der Waals surface area contributed by atoms with Gasteiger partial charge < -0.3 is 9.47 Å². The summed E-state index contributed by atoms with van der Waals surface area (Å²) in [6.07, 6.45) is 9.54. The number of carbonyl (C=O) groups excluding carboxylic acids is 3. The minimum Gasteiger partial charge on any atom is -0.465 e. The molecule has 0 radical (unpaired) electrons. The zero-order valence-corrected chi connectivity index (χ0v) is 13.6. The van der Waals surface area contributed by atoms with E-state index in [1.54, 1.807) is 25.1 Å². The van der Waals surface area contributed by atoms with Crippen molar-refractivity contribution in [1.82, 2.24) is 0 Å². The molecule has 5 heteroatoms. The van der Waals surface area contributed by atoms with Gasteiger partial charge in [0.2, 0.25) is 0 Å². The molecule has 0 fully saturated rings. The maximum absolute atomic E-state index is 12.1. The van der Waals surface area contributed by atoms with Crippen LogP contribution in [0, 0.1) is 0 Å². The van der Waals surface area contributed by atoms with Crippen LogP contribution in [0.2, 0.25) is 0 Å². The highest BCUT2D eigenvalue weighted by Crippen LogP contribution is 2.17. The first kappa shape index (κ1) is 17.4. The van der Waals surface area contributed by atoms with E-state index in [1.165, 1.54) is 19.2 Å². The monoisotopic (exact) mass is 326 g/mol. The molecule has 1 aliphatic carbocycles. The van der Waals surface area contributed by atoms with E-state index in [4.69, 9.17) is 4.74 Å². The first-order valence-corrected chi connectivity index (χ1v) is 7.50. The second-order valence-corrected chi connectivity index (χ2v) is 5.26. The van der Waals surface area contributed by atoms with Crippen molar-refractivity contribution >= 4 is 24.3 Å². The number of methoxy groups -OCH3 is 1. The molecule has 0 spiro atoms. The molecule has 0 saturated heterocycles. The number of hydrogen-bond acceptors (Lipinski definition) is 5. The van der Waals surface area contributed by atoms with Crippen LogP contribution in [0.5, 0.6) is 0 Å². The van der Waals surface area contributed by atoms with Gasteiger partial charge in [0.05, 0.1) is 12.7 Å². The Morgan fingerprint density at radius 2 is 2.00 bits per heavy atom. The fraction of sp³-hybridized carbons (Fsp3) is 0.211. The topological polar surface area (TPSA) is 69.7 Å². The van der Waals surface area contributed by atoms with Gasteiger partial charge in [-0.1, -0.05) is 18.2 Å². The Morgan fingerprint density at radius 1 is 1.21 bits per heavy atom. The average Bonchev–Trinajstić information content (AvgIpc) is 2.61. The molecule has 24 heavy (non-hydrogen) atoms. The molecule has 124 valence electrons. The van der Waals surface area contributed by atoms with Gasteiger partial charge in [-0.3, -0.25) is 4.79 Å². The van der Waals surface area contributed by atoms with E-state index in [-0.39, 0.29) is 11.1 Å². The SMILES string of the molecule is COC(=O)c1cc(/C=C(\C)C(=O)OC2=CCCC=C2)ccc1C=O. The summed E-state index contributed by atoms with van der Waals surface area (Å²) < 4.78 is 9.95. The smallest absolute Gasteiger partial charge is 0.339 e. The number of benzene rings is 1. The van der Waals surface area contributed by atoms with Gasteiger partial charge in [0, 0.05) is 11.1 Å². The van der Waals surface area contributed by atoms with Crippen molar-refractivity contribution < 1.29 is 23.9 Å². The summed E-state index contributed by atoms with van der Waals surface area (Å²) in [5, 5.41) is 0. The van der Waals surface area contributed by atoms with Crippen molar-refractivity contribution in [3.05, 3.63) is 64.4 Å². The minimum absolute atomic E-state index is 0.153. The third-order valence-electron chi connectivity index (χ3n) is 3.49. The lowest BCUT2D eigenvalue weighted by atomic mass is 10.0. The van der Waals surface area contributed by atoms with Crippen molar-refractivity contribution in [2.45, 2.75) is 19.8 Å². The van der Waals surface area contributed by atoms with Crippen molar-refractivity contribution in [3.63, 3.8) is 0 Å². The standard InChI is InChI=1S/C19H18O5/c1-13(18(21)24-16-6-4-3-5-7-16)10-14-8-9-15(12-20)17(11-14)19(22)23-2/h4,6-12H,3,5H2,1-2H3/b13-10+. The average molecular weight is 326 g/mol. The van der Waals surface area contributed by atoms with Gasteiger partial charge in [0.15, 0.2) is 6.29 Å². The van der Waals surface area contributed by atoms with Gasteiger partial charge in [0.1, 0.15) is 5.76 Å². The Labute approximate surface area is 140 Å². The van der Waals surface area contributed by atoms with Crippen LogP contribution in [0.4, 0.5) is 0 Å². The molecule has 1 aromatic carbocycles. The Balaban J connectivity index is 2.21. The van der Waals surface area contributed by atoms with Gasteiger partial charge in [-0.2, -0.15) is 0 Å². The summed E-state index contributed by atoms with van der Waals surface area (Å²) in [5.74, 6) is -0.539. The molecule has 0 amide bonds. The van der Waals surface area contributed by atoms with Crippen LogP contribution in [0.25, 0.3) is 6.08 Å². The molecule has 0 N–H and O–H groups in total. The number of aldehydes is 1. The first-order chi connectivity index (χ1) is 11.5. The third-order valence-corrected chi connectivity index (χ3v) is 3.49. The molecule has 2 rings (SSSR count). The second kappa shape index (κ2) is 8.06. The van der Waals surface area contributed by atoms with Crippen LogP contribution >= 0.6 is 0 Å². The predicted octanol–water partition coefficient (Wildman–Crippen LogP) is 3.47. The van der Waals surface area contributed by atoms with Gasteiger partial charge in [-0.15, -0.1) is 0 Å². The van der Waals surface area contributed by atoms with E-state index in [1.807, 2.05) is 12.2 Å². The van der Waals surface area contributed by atoms with Crippen LogP contribution in [0.15, 0.2) is 47.8 Å². The summed E-state index contributed by atoms with van der Waals surface area (Å²) in [5.41, 5.74) is 1.37. The highest BCUT2D eigenvalue weighted by atomic mass is 16.5. The maximum atomic E-state index is 12.1. The number of hydrogen-bond donors (Lipinski definition) is 0. The Hall–Kier alpha value is -2.95. The van der Waals surface area contributed by atoms with Crippen LogP contribution in [-0.2, 0) is 14.3 Å². The molecule has 0 heterocycles. The molecule has 0 saturated carbocycles. The maximum Gasteiger partial charge on any atom is 0.339 e. The molecule has 5 nitrogen and oxygen atoms in total. The summed E-state index contributed by atoms with van der Waals surface area (Å²) in [7, 11) is 1.24. The van der Waals surface area contributed by atoms with Crippen LogP contribution in [0.3, 0.4) is 0 Å². The van der Waals surface area contributed by atoms with Gasteiger partial charge in [-0.25, -0.2) is 9.59 Å². The van der Waals surface area contributed by atoms with Crippen LogP contribution < -0.4 is 0 Å². The number of rotatable bonds is 5. The predicted molar refractivity (Wildman–Crippen MR) is 89.4 cm³/mol. The third kappa shape index (κ3) is 4.29. The summed E-state index contributed by atoms with van der Waals surface area (Å²) in [6.45, 7) is 1.63. The quantitative estimate of drug-likeness (QED) is 0.471. The van der Waals surface area contributed by atoms with Crippen molar-refractivity contribution in [2.75, 3.05) is 7.11 Å². The second-order valence-electron chi connectivity index (χ2n) is 5.26. The molecule has 0 bridgehead atoms. The van der Waals surface area contributed by atoms with Crippen molar-refractivity contribution in [2.24, 2.45) is 0 Å². The van der Waals surface area contributed by atoms with E-state index < -0.39 is 11.9 Å². The highest BCUT2D eigenvalue weighted by Gasteiger charge is 2.13. The fourth-order valence-electron chi connectivity index (χ4n) is 2.21. The summed E-state index contributed by atoms with van der Waals surface area (Å²) >= 11 is 0. The van der Waals surface area contributed by atoms with Gasteiger partial charge >= 0.3 is 11.9 Å². The molecular formula is C19H18O5. The summed E-state index contributed by atoms with van der Waals surface area (Å²) in [4.78, 5) is 34.8. The van der Waals surface area contributed by atoms with E-state index >= 15 is 0 Å². The number of esters is 2. The van der Waals surface area contributed by atoms with E-state index in [2.05, 4.69) is 4.74 Å². The largest absolute Gasteiger partial charge is 0.465 e. The van der Waals surface area contributed by atoms with E-state index in [9.17, 15) is 14.4 Å². The Morgan fingerprint density at radius 3 is 2.62 bits per heavy atom. The number of carbonyl (C=O) groups is 3. The first-order valence-electron chi connectivity index (χ1n) is 7.50. The Bertz CT molecular complexity index is 753. The van der Waals surface area contributed by atoms with Crippen molar-refractivity contribution in [3.8, 4) is 0 Å². The molecule has 0 unspecified atom stereocenters. The highest BCUT2D eigenvalue weighted by molar-refractivity contribution is 5.99. The van der Waals surface area contributed by atoms with Crippen LogP contribution in [-0.4, -0.2) is 25.3 Å². The van der Waals surface area contributed by atoms with Gasteiger partial charge in [0.25, 0.3) is 0 Å².